The molecular formula is C19H24O5. The molecular weight excluding hydrogens is 308 g/mol. The minimum Gasteiger partial charge on any atom is -0.493 e. The lowest BCUT2D eigenvalue weighted by Gasteiger charge is -2.19. The molecule has 2 unspecified atom stereocenters. The molecule has 0 radical (unpaired) electrons. The van der Waals surface area contributed by atoms with Gasteiger partial charge in [0, 0.05) is 0 Å². The van der Waals surface area contributed by atoms with E-state index in [2.05, 4.69) is 0 Å². The smallest absolute Gasteiger partial charge is 0.161 e. The molecule has 5 nitrogen and oxygen atoms in total. The van der Waals surface area contributed by atoms with Crippen molar-refractivity contribution in [2.75, 3.05) is 20.3 Å². The molecule has 2 atom stereocenters. The fourth-order valence-corrected chi connectivity index (χ4v) is 2.33. The van der Waals surface area contributed by atoms with Gasteiger partial charge in [-0.2, -0.15) is 0 Å². The number of hydrogen-bond donors (Lipinski definition) is 2. The maximum atomic E-state index is 10.3. The molecule has 24 heavy (non-hydrogen) atoms. The van der Waals surface area contributed by atoms with E-state index in [0.717, 1.165) is 5.56 Å². The Morgan fingerprint density at radius 2 is 1.75 bits per heavy atom. The second kappa shape index (κ2) is 9.27. The van der Waals surface area contributed by atoms with Crippen LogP contribution in [-0.4, -0.2) is 36.6 Å². The Labute approximate surface area is 142 Å². The Morgan fingerprint density at radius 1 is 1.00 bits per heavy atom. The predicted octanol–water partition coefficient (Wildman–Crippen LogP) is 2.71. The Kier molecular flexibility index (Phi) is 7.06. The van der Waals surface area contributed by atoms with Crippen molar-refractivity contribution in [3.05, 3.63) is 59.7 Å². The van der Waals surface area contributed by atoms with E-state index >= 15 is 0 Å². The number of aliphatic hydroxyl groups excluding tert-OH is 2. The molecule has 2 rings (SSSR count). The van der Waals surface area contributed by atoms with E-state index in [-0.39, 0.29) is 6.61 Å². The second-order valence-corrected chi connectivity index (χ2v) is 5.36. The number of ether oxygens (including phenoxy) is 3. The molecule has 2 aromatic rings. The van der Waals surface area contributed by atoms with Crippen LogP contribution in [0.5, 0.6) is 11.5 Å². The highest BCUT2D eigenvalue weighted by Gasteiger charge is 2.20. The molecule has 0 aromatic heterocycles. The molecule has 0 bridgehead atoms. The van der Waals surface area contributed by atoms with E-state index in [4.69, 9.17) is 14.2 Å². The lowest BCUT2D eigenvalue weighted by atomic mass is 10.0. The minimum absolute atomic E-state index is 0.0333. The molecule has 5 heteroatoms. The van der Waals surface area contributed by atoms with Gasteiger partial charge in [-0.15, -0.1) is 0 Å². The first-order valence-corrected chi connectivity index (χ1v) is 7.94. The first kappa shape index (κ1) is 18.3. The number of rotatable bonds is 9. The molecule has 2 aromatic carbocycles. The zero-order valence-electron chi connectivity index (χ0n) is 14.0. The van der Waals surface area contributed by atoms with Crippen LogP contribution >= 0.6 is 0 Å². The van der Waals surface area contributed by atoms with E-state index in [1.165, 1.54) is 7.11 Å². The van der Waals surface area contributed by atoms with E-state index in [1.807, 2.05) is 37.3 Å². The average Bonchev–Trinajstić information content (AvgIpc) is 2.62. The van der Waals surface area contributed by atoms with Gasteiger partial charge < -0.3 is 24.4 Å². The van der Waals surface area contributed by atoms with Crippen LogP contribution in [-0.2, 0) is 11.3 Å². The van der Waals surface area contributed by atoms with Gasteiger partial charge in [0.15, 0.2) is 11.5 Å². The fourth-order valence-electron chi connectivity index (χ4n) is 2.33. The van der Waals surface area contributed by atoms with Crippen molar-refractivity contribution in [1.29, 1.82) is 0 Å². The summed E-state index contributed by atoms with van der Waals surface area (Å²) < 4.78 is 16.2. The van der Waals surface area contributed by atoms with Crippen molar-refractivity contribution in [3.8, 4) is 11.5 Å². The van der Waals surface area contributed by atoms with E-state index in [9.17, 15) is 10.2 Å². The lowest BCUT2D eigenvalue weighted by Crippen LogP contribution is -2.24. The highest BCUT2D eigenvalue weighted by atomic mass is 16.5. The van der Waals surface area contributed by atoms with Crippen LogP contribution in [0.1, 0.15) is 24.2 Å². The Morgan fingerprint density at radius 3 is 2.42 bits per heavy atom. The summed E-state index contributed by atoms with van der Waals surface area (Å²) >= 11 is 0. The lowest BCUT2D eigenvalue weighted by molar-refractivity contribution is -0.0435. The van der Waals surface area contributed by atoms with Gasteiger partial charge in [-0.3, -0.25) is 0 Å². The molecule has 0 aliphatic rings. The number of methoxy groups -OCH3 is 1. The van der Waals surface area contributed by atoms with Gasteiger partial charge in [0.1, 0.15) is 12.2 Å². The maximum Gasteiger partial charge on any atom is 0.161 e. The van der Waals surface area contributed by atoms with Crippen LogP contribution in [0.3, 0.4) is 0 Å². The van der Waals surface area contributed by atoms with Crippen LogP contribution < -0.4 is 9.47 Å². The summed E-state index contributed by atoms with van der Waals surface area (Å²) in [4.78, 5) is 0. The third-order valence-electron chi connectivity index (χ3n) is 3.59. The molecule has 0 amide bonds. The summed E-state index contributed by atoms with van der Waals surface area (Å²) in [5.74, 6) is 1.12. The third kappa shape index (κ3) is 4.96. The Balaban J connectivity index is 1.93. The predicted molar refractivity (Wildman–Crippen MR) is 91.2 cm³/mol. The van der Waals surface area contributed by atoms with Gasteiger partial charge in [-0.05, 0) is 30.2 Å². The topological polar surface area (TPSA) is 68.2 Å². The molecule has 0 aliphatic carbocycles. The molecule has 0 fully saturated rings. The van der Waals surface area contributed by atoms with Gasteiger partial charge in [0.25, 0.3) is 0 Å². The Bertz CT molecular complexity index is 614. The summed E-state index contributed by atoms with van der Waals surface area (Å²) in [6.07, 6.45) is -2.10. The average molecular weight is 332 g/mol. The van der Waals surface area contributed by atoms with Gasteiger partial charge in [-0.1, -0.05) is 36.4 Å². The van der Waals surface area contributed by atoms with E-state index in [1.54, 1.807) is 18.2 Å². The standard InChI is InChI=1S/C19H24O5/c1-3-24-17-10-9-15(11-18(17)22-2)19(21)16(20)13-23-12-14-7-5-4-6-8-14/h4-11,16,19-21H,3,12-13H2,1-2H3. The summed E-state index contributed by atoms with van der Waals surface area (Å²) in [5, 5.41) is 20.4. The van der Waals surface area contributed by atoms with Crippen molar-refractivity contribution < 1.29 is 24.4 Å². The van der Waals surface area contributed by atoms with Crippen molar-refractivity contribution in [3.63, 3.8) is 0 Å². The molecule has 0 spiro atoms. The molecule has 2 N–H and O–H groups in total. The summed E-state index contributed by atoms with van der Waals surface area (Å²) in [7, 11) is 1.54. The maximum absolute atomic E-state index is 10.3. The first-order chi connectivity index (χ1) is 11.7. The quantitative estimate of drug-likeness (QED) is 0.739. The van der Waals surface area contributed by atoms with Crippen molar-refractivity contribution in [2.24, 2.45) is 0 Å². The molecule has 130 valence electrons. The van der Waals surface area contributed by atoms with Crippen molar-refractivity contribution >= 4 is 0 Å². The van der Waals surface area contributed by atoms with Crippen molar-refractivity contribution in [2.45, 2.75) is 25.7 Å². The number of hydrogen-bond acceptors (Lipinski definition) is 5. The molecule has 0 heterocycles. The van der Waals surface area contributed by atoms with Gasteiger partial charge >= 0.3 is 0 Å². The zero-order valence-corrected chi connectivity index (χ0v) is 14.0. The monoisotopic (exact) mass is 332 g/mol. The second-order valence-electron chi connectivity index (χ2n) is 5.36. The summed E-state index contributed by atoms with van der Waals surface area (Å²) in [6, 6.07) is 14.8. The first-order valence-electron chi connectivity index (χ1n) is 7.94. The van der Waals surface area contributed by atoms with Crippen LogP contribution in [0.15, 0.2) is 48.5 Å². The van der Waals surface area contributed by atoms with Crippen LogP contribution in [0.25, 0.3) is 0 Å². The summed E-state index contributed by atoms with van der Waals surface area (Å²) in [5.41, 5.74) is 1.56. The van der Waals surface area contributed by atoms with E-state index < -0.39 is 12.2 Å². The fraction of sp³-hybridized carbons (Fsp3) is 0.368. The van der Waals surface area contributed by atoms with Crippen LogP contribution in [0.4, 0.5) is 0 Å². The van der Waals surface area contributed by atoms with Gasteiger partial charge in [0.05, 0.1) is 26.9 Å². The third-order valence-corrected chi connectivity index (χ3v) is 3.59. The van der Waals surface area contributed by atoms with Crippen LogP contribution in [0.2, 0.25) is 0 Å². The van der Waals surface area contributed by atoms with Gasteiger partial charge in [-0.25, -0.2) is 0 Å². The number of benzene rings is 2. The largest absolute Gasteiger partial charge is 0.493 e. The van der Waals surface area contributed by atoms with Crippen molar-refractivity contribution in [1.82, 2.24) is 0 Å². The highest BCUT2D eigenvalue weighted by molar-refractivity contribution is 5.43. The molecule has 0 aliphatic heterocycles. The zero-order chi connectivity index (χ0) is 17.4. The Hall–Kier alpha value is -2.08. The van der Waals surface area contributed by atoms with Crippen LogP contribution in [0, 0.1) is 0 Å². The minimum atomic E-state index is -1.06. The molecule has 0 saturated carbocycles. The highest BCUT2D eigenvalue weighted by Crippen LogP contribution is 2.31. The number of aliphatic hydroxyl groups is 2. The summed E-state index contributed by atoms with van der Waals surface area (Å²) in [6.45, 7) is 2.83. The van der Waals surface area contributed by atoms with Gasteiger partial charge in [0.2, 0.25) is 0 Å². The van der Waals surface area contributed by atoms with E-state index in [0.29, 0.717) is 30.3 Å². The SMILES string of the molecule is CCOc1ccc(C(O)C(O)COCc2ccccc2)cc1OC. The molecule has 0 saturated heterocycles. The normalized spacial score (nSPS) is 13.3.